The van der Waals surface area contributed by atoms with Gasteiger partial charge in [0, 0.05) is 35.6 Å². The van der Waals surface area contributed by atoms with E-state index in [0.29, 0.717) is 0 Å². The molecule has 0 aliphatic heterocycles. The lowest BCUT2D eigenvalue weighted by molar-refractivity contribution is 0.668. The van der Waals surface area contributed by atoms with Gasteiger partial charge in [0.1, 0.15) is 0 Å². The SMILES string of the molecule is CSc1nnc(C(C)C)n1/N=C\c1cn(C)c2ccccc12. The van der Waals surface area contributed by atoms with Crippen molar-refractivity contribution in [3.63, 3.8) is 0 Å². The molecule has 6 heteroatoms. The highest BCUT2D eigenvalue weighted by molar-refractivity contribution is 7.98. The third-order valence-electron chi connectivity index (χ3n) is 3.58. The van der Waals surface area contributed by atoms with Crippen LogP contribution in [-0.2, 0) is 7.05 Å². The fraction of sp³-hybridized carbons (Fsp3) is 0.312. The van der Waals surface area contributed by atoms with Crippen LogP contribution in [0.1, 0.15) is 31.2 Å². The summed E-state index contributed by atoms with van der Waals surface area (Å²) in [4.78, 5) is 0. The van der Waals surface area contributed by atoms with Crippen molar-refractivity contribution in [2.24, 2.45) is 12.1 Å². The first kappa shape index (κ1) is 14.8. The van der Waals surface area contributed by atoms with Crippen molar-refractivity contribution < 1.29 is 0 Å². The highest BCUT2D eigenvalue weighted by Gasteiger charge is 2.13. The van der Waals surface area contributed by atoms with Crippen LogP contribution in [0.4, 0.5) is 0 Å². The lowest BCUT2D eigenvalue weighted by Crippen LogP contribution is -2.01. The summed E-state index contributed by atoms with van der Waals surface area (Å²) in [5.74, 6) is 1.15. The highest BCUT2D eigenvalue weighted by atomic mass is 32.2. The van der Waals surface area contributed by atoms with E-state index in [2.05, 4.69) is 52.0 Å². The molecular weight excluding hydrogens is 294 g/mol. The van der Waals surface area contributed by atoms with Gasteiger partial charge in [-0.25, -0.2) is 0 Å². The Balaban J connectivity index is 2.05. The lowest BCUT2D eigenvalue weighted by atomic mass is 10.2. The minimum absolute atomic E-state index is 0.276. The van der Waals surface area contributed by atoms with E-state index in [0.717, 1.165) is 16.5 Å². The zero-order chi connectivity index (χ0) is 15.7. The monoisotopic (exact) mass is 313 g/mol. The summed E-state index contributed by atoms with van der Waals surface area (Å²) in [7, 11) is 2.05. The van der Waals surface area contributed by atoms with Gasteiger partial charge in [0.15, 0.2) is 5.82 Å². The quantitative estimate of drug-likeness (QED) is 0.547. The molecule has 0 radical (unpaired) electrons. The average Bonchev–Trinajstić information content (AvgIpc) is 3.07. The first-order valence-electron chi connectivity index (χ1n) is 7.19. The second-order valence-electron chi connectivity index (χ2n) is 5.47. The van der Waals surface area contributed by atoms with Crippen LogP contribution >= 0.6 is 11.8 Å². The maximum Gasteiger partial charge on any atom is 0.211 e. The fourth-order valence-corrected chi connectivity index (χ4v) is 2.90. The number of hydrogen-bond donors (Lipinski definition) is 0. The van der Waals surface area contributed by atoms with Crippen molar-refractivity contribution in [1.82, 2.24) is 19.4 Å². The first-order chi connectivity index (χ1) is 10.6. The van der Waals surface area contributed by atoms with E-state index in [4.69, 9.17) is 0 Å². The third kappa shape index (κ3) is 2.54. The molecule has 0 saturated heterocycles. The van der Waals surface area contributed by atoms with Gasteiger partial charge >= 0.3 is 0 Å². The maximum atomic E-state index is 4.62. The van der Waals surface area contributed by atoms with Crippen molar-refractivity contribution in [1.29, 1.82) is 0 Å². The fourth-order valence-electron chi connectivity index (χ4n) is 2.47. The molecule has 0 aliphatic carbocycles. The van der Waals surface area contributed by atoms with E-state index < -0.39 is 0 Å². The van der Waals surface area contributed by atoms with Gasteiger partial charge in [0.2, 0.25) is 5.16 Å². The normalized spacial score (nSPS) is 12.0. The molecule has 0 bridgehead atoms. The van der Waals surface area contributed by atoms with E-state index in [1.54, 1.807) is 11.8 Å². The van der Waals surface area contributed by atoms with Crippen molar-refractivity contribution in [2.75, 3.05) is 6.26 Å². The van der Waals surface area contributed by atoms with Gasteiger partial charge in [-0.2, -0.15) is 9.78 Å². The summed E-state index contributed by atoms with van der Waals surface area (Å²) in [5, 5.41) is 15.1. The van der Waals surface area contributed by atoms with Crippen LogP contribution < -0.4 is 0 Å². The predicted molar refractivity (Wildman–Crippen MR) is 91.8 cm³/mol. The summed E-state index contributed by atoms with van der Waals surface area (Å²) in [5.41, 5.74) is 2.29. The number of nitrogens with zero attached hydrogens (tertiary/aromatic N) is 5. The molecule has 5 nitrogen and oxygen atoms in total. The Morgan fingerprint density at radius 1 is 1.23 bits per heavy atom. The van der Waals surface area contributed by atoms with Crippen molar-refractivity contribution in [3.8, 4) is 0 Å². The molecule has 3 aromatic rings. The smallest absolute Gasteiger partial charge is 0.211 e. The van der Waals surface area contributed by atoms with Gasteiger partial charge < -0.3 is 4.57 Å². The van der Waals surface area contributed by atoms with Gasteiger partial charge in [-0.15, -0.1) is 10.2 Å². The van der Waals surface area contributed by atoms with Crippen LogP contribution in [0.5, 0.6) is 0 Å². The molecule has 0 atom stereocenters. The number of rotatable bonds is 4. The van der Waals surface area contributed by atoms with E-state index in [9.17, 15) is 0 Å². The first-order valence-corrected chi connectivity index (χ1v) is 8.42. The Hall–Kier alpha value is -2.08. The molecule has 0 amide bonds. The van der Waals surface area contributed by atoms with Gasteiger partial charge in [0.05, 0.1) is 6.21 Å². The maximum absolute atomic E-state index is 4.62. The number of hydrogen-bond acceptors (Lipinski definition) is 4. The molecule has 0 unspecified atom stereocenters. The number of thioether (sulfide) groups is 1. The topological polar surface area (TPSA) is 48.0 Å². The van der Waals surface area contributed by atoms with Crippen LogP contribution in [0.2, 0.25) is 0 Å². The highest BCUT2D eigenvalue weighted by Crippen LogP contribution is 2.21. The third-order valence-corrected chi connectivity index (χ3v) is 4.19. The Kier molecular flexibility index (Phi) is 4.02. The lowest BCUT2D eigenvalue weighted by Gasteiger charge is -2.04. The summed E-state index contributed by atoms with van der Waals surface area (Å²) in [6.45, 7) is 4.19. The van der Waals surface area contributed by atoms with E-state index in [1.165, 1.54) is 10.9 Å². The van der Waals surface area contributed by atoms with E-state index in [-0.39, 0.29) is 5.92 Å². The van der Waals surface area contributed by atoms with Crippen LogP contribution in [0.15, 0.2) is 40.7 Å². The summed E-state index contributed by atoms with van der Waals surface area (Å²) >= 11 is 1.55. The molecule has 0 N–H and O–H groups in total. The summed E-state index contributed by atoms with van der Waals surface area (Å²) in [6.07, 6.45) is 5.96. The van der Waals surface area contributed by atoms with Gasteiger partial charge in [-0.3, -0.25) is 0 Å². The number of fused-ring (bicyclic) bond motifs is 1. The molecule has 1 aromatic carbocycles. The van der Waals surface area contributed by atoms with Crippen LogP contribution in [0, 0.1) is 0 Å². The molecular formula is C16H19N5S. The average molecular weight is 313 g/mol. The van der Waals surface area contributed by atoms with Gasteiger partial charge in [-0.05, 0) is 12.3 Å². The molecule has 0 saturated carbocycles. The summed E-state index contributed by atoms with van der Waals surface area (Å²) in [6, 6.07) is 8.32. The van der Waals surface area contributed by atoms with Crippen LogP contribution in [0.25, 0.3) is 10.9 Å². The van der Waals surface area contributed by atoms with Crippen LogP contribution in [0.3, 0.4) is 0 Å². The Labute approximate surface area is 134 Å². The summed E-state index contributed by atoms with van der Waals surface area (Å²) < 4.78 is 3.94. The van der Waals surface area contributed by atoms with E-state index >= 15 is 0 Å². The zero-order valence-corrected chi connectivity index (χ0v) is 14.0. The Bertz CT molecular complexity index is 828. The predicted octanol–water partition coefficient (Wildman–Crippen LogP) is 3.50. The minimum Gasteiger partial charge on any atom is -0.350 e. The van der Waals surface area contributed by atoms with E-state index in [1.807, 2.05) is 36.3 Å². The largest absolute Gasteiger partial charge is 0.350 e. The van der Waals surface area contributed by atoms with Crippen LogP contribution in [-0.4, -0.2) is 31.9 Å². The second kappa shape index (κ2) is 5.96. The number of aromatic nitrogens is 4. The van der Waals surface area contributed by atoms with Gasteiger partial charge in [-0.1, -0.05) is 43.8 Å². The number of para-hydroxylation sites is 1. The molecule has 22 heavy (non-hydrogen) atoms. The van der Waals surface area contributed by atoms with Crippen molar-refractivity contribution in [2.45, 2.75) is 24.9 Å². The molecule has 0 aliphatic rings. The standard InChI is InChI=1S/C16H19N5S/c1-11(2)15-18-19-16(22-4)21(15)17-9-12-10-20(3)14-8-6-5-7-13(12)14/h5-11H,1-4H3/b17-9-. The molecule has 0 spiro atoms. The molecule has 2 aromatic heterocycles. The van der Waals surface area contributed by atoms with Crippen molar-refractivity contribution in [3.05, 3.63) is 41.9 Å². The van der Waals surface area contributed by atoms with Crippen molar-refractivity contribution >= 4 is 28.9 Å². The molecule has 0 fully saturated rings. The Morgan fingerprint density at radius 2 is 2.00 bits per heavy atom. The second-order valence-corrected chi connectivity index (χ2v) is 6.24. The zero-order valence-electron chi connectivity index (χ0n) is 13.2. The molecule has 2 heterocycles. The molecule has 3 rings (SSSR count). The minimum atomic E-state index is 0.276. The molecule has 114 valence electrons. The van der Waals surface area contributed by atoms with Gasteiger partial charge in [0.25, 0.3) is 0 Å². The number of aryl methyl sites for hydroxylation is 1. The Morgan fingerprint density at radius 3 is 2.73 bits per heavy atom. The number of benzene rings is 1.